The van der Waals surface area contributed by atoms with E-state index in [9.17, 15) is 9.59 Å². The Balaban J connectivity index is 2.09. The summed E-state index contributed by atoms with van der Waals surface area (Å²) in [5.74, 6) is -0.991. The van der Waals surface area contributed by atoms with Crippen molar-refractivity contribution in [3.05, 3.63) is 65.2 Å². The van der Waals surface area contributed by atoms with E-state index in [0.29, 0.717) is 27.4 Å². The molecular formula is C21H20ClNO5S. The first-order valence-electron chi connectivity index (χ1n) is 8.59. The molecule has 2 aromatic rings. The fourth-order valence-electron chi connectivity index (χ4n) is 2.20. The quantitative estimate of drug-likeness (QED) is 0.283. The predicted molar refractivity (Wildman–Crippen MR) is 113 cm³/mol. The summed E-state index contributed by atoms with van der Waals surface area (Å²) in [6.45, 7) is 6.66. The van der Waals surface area contributed by atoms with Crippen molar-refractivity contribution in [3.63, 3.8) is 0 Å². The van der Waals surface area contributed by atoms with E-state index < -0.39 is 11.9 Å². The smallest absolute Gasteiger partial charge is 0.338 e. The minimum absolute atomic E-state index is 0.0312. The van der Waals surface area contributed by atoms with Gasteiger partial charge in [-0.3, -0.25) is 0 Å². The molecule has 0 fully saturated rings. The van der Waals surface area contributed by atoms with Crippen molar-refractivity contribution in [2.75, 3.05) is 13.2 Å². The molecule has 0 bridgehead atoms. The number of hydrogen-bond acceptors (Lipinski definition) is 7. The molecule has 0 aliphatic carbocycles. The van der Waals surface area contributed by atoms with Crippen LogP contribution in [0.1, 0.15) is 29.8 Å². The number of carbonyl (C=O) groups excluding carboxylic acids is 2. The van der Waals surface area contributed by atoms with Gasteiger partial charge in [0.2, 0.25) is 0 Å². The third-order valence-corrected chi connectivity index (χ3v) is 4.97. The molecule has 0 spiro atoms. The number of oxime groups is 1. The molecule has 2 rings (SSSR count). The number of halogens is 1. The van der Waals surface area contributed by atoms with E-state index in [1.807, 2.05) is 12.1 Å². The molecule has 29 heavy (non-hydrogen) atoms. The van der Waals surface area contributed by atoms with E-state index in [1.54, 1.807) is 37.3 Å². The van der Waals surface area contributed by atoms with Crippen LogP contribution in [0.4, 0.5) is 0 Å². The first-order valence-corrected chi connectivity index (χ1v) is 9.78. The van der Waals surface area contributed by atoms with Gasteiger partial charge in [-0.15, -0.1) is 0 Å². The molecule has 0 unspecified atom stereocenters. The Morgan fingerprint density at radius 2 is 1.79 bits per heavy atom. The van der Waals surface area contributed by atoms with Crippen molar-refractivity contribution in [3.8, 4) is 0 Å². The maximum Gasteiger partial charge on any atom is 0.338 e. The summed E-state index contributed by atoms with van der Waals surface area (Å²) >= 11 is 7.87. The van der Waals surface area contributed by atoms with Gasteiger partial charge in [0.25, 0.3) is 0 Å². The number of benzene rings is 2. The number of carbonyl (C=O) groups is 2. The molecule has 1 N–H and O–H groups in total. The molecule has 0 amide bonds. The molecule has 152 valence electrons. The number of ether oxygens (including phenoxy) is 1. The second kappa shape index (κ2) is 10.8. The summed E-state index contributed by atoms with van der Waals surface area (Å²) in [6, 6.07) is 12.4. The molecule has 0 atom stereocenters. The van der Waals surface area contributed by atoms with Gasteiger partial charge in [-0.05, 0) is 43.3 Å². The van der Waals surface area contributed by atoms with Crippen LogP contribution in [0, 0.1) is 0 Å². The second-order valence-electron chi connectivity index (χ2n) is 5.87. The summed E-state index contributed by atoms with van der Waals surface area (Å²) in [4.78, 5) is 29.1. The predicted octanol–water partition coefficient (Wildman–Crippen LogP) is 4.59. The van der Waals surface area contributed by atoms with Crippen molar-refractivity contribution in [2.45, 2.75) is 23.6 Å². The first-order chi connectivity index (χ1) is 13.8. The second-order valence-corrected chi connectivity index (χ2v) is 7.42. The van der Waals surface area contributed by atoms with Crippen molar-refractivity contribution < 1.29 is 24.3 Å². The van der Waals surface area contributed by atoms with Gasteiger partial charge >= 0.3 is 11.9 Å². The van der Waals surface area contributed by atoms with Gasteiger partial charge in [0.05, 0.1) is 17.9 Å². The Kier molecular flexibility index (Phi) is 8.45. The van der Waals surface area contributed by atoms with Crippen LogP contribution in [-0.4, -0.2) is 36.0 Å². The van der Waals surface area contributed by atoms with E-state index in [1.165, 1.54) is 18.7 Å². The Bertz CT molecular complexity index is 941. The van der Waals surface area contributed by atoms with Crippen LogP contribution in [0.2, 0.25) is 5.02 Å². The van der Waals surface area contributed by atoms with E-state index in [-0.39, 0.29) is 13.2 Å². The van der Waals surface area contributed by atoms with E-state index >= 15 is 0 Å². The average molecular weight is 434 g/mol. The zero-order chi connectivity index (χ0) is 21.4. The van der Waals surface area contributed by atoms with Crippen LogP contribution in [-0.2, 0) is 14.4 Å². The van der Waals surface area contributed by atoms with Gasteiger partial charge < -0.3 is 14.7 Å². The molecule has 2 aromatic carbocycles. The highest BCUT2D eigenvalue weighted by molar-refractivity contribution is 7.99. The Morgan fingerprint density at radius 3 is 2.38 bits per heavy atom. The van der Waals surface area contributed by atoms with E-state index in [4.69, 9.17) is 21.4 Å². The lowest BCUT2D eigenvalue weighted by Crippen LogP contribution is -2.08. The molecule has 0 aliphatic heterocycles. The van der Waals surface area contributed by atoms with Gasteiger partial charge in [-0.25, -0.2) is 9.59 Å². The van der Waals surface area contributed by atoms with Crippen LogP contribution >= 0.6 is 23.4 Å². The molecule has 0 radical (unpaired) electrons. The van der Waals surface area contributed by atoms with Crippen molar-refractivity contribution in [1.29, 1.82) is 0 Å². The number of rotatable bonds is 8. The highest BCUT2D eigenvalue weighted by Gasteiger charge is 2.11. The Morgan fingerprint density at radius 1 is 1.14 bits per heavy atom. The van der Waals surface area contributed by atoms with E-state index in [2.05, 4.69) is 16.6 Å². The summed E-state index contributed by atoms with van der Waals surface area (Å²) in [5, 5.41) is 12.9. The normalized spacial score (nSPS) is 11.1. The van der Waals surface area contributed by atoms with Crippen LogP contribution in [0.5, 0.6) is 0 Å². The molecule has 0 heterocycles. The van der Waals surface area contributed by atoms with Gasteiger partial charge in [-0.1, -0.05) is 41.2 Å². The molecular weight excluding hydrogens is 414 g/mol. The minimum atomic E-state index is -0.511. The molecule has 0 saturated carbocycles. The SMILES string of the molecule is C=C(/C(C)=N/OC(C)=O)c1ccc(Sc2ccc(C(=O)OCCO)cc2)cc1Cl. The summed E-state index contributed by atoms with van der Waals surface area (Å²) < 4.78 is 4.88. The minimum Gasteiger partial charge on any atom is -0.460 e. The zero-order valence-corrected chi connectivity index (χ0v) is 17.5. The first kappa shape index (κ1) is 22.7. The molecule has 0 aromatic heterocycles. The third kappa shape index (κ3) is 6.74. The highest BCUT2D eigenvalue weighted by atomic mass is 35.5. The van der Waals surface area contributed by atoms with Crippen molar-refractivity contribution >= 4 is 46.6 Å². The average Bonchev–Trinajstić information content (AvgIpc) is 2.70. The molecule has 8 heteroatoms. The van der Waals surface area contributed by atoms with Crippen molar-refractivity contribution in [1.82, 2.24) is 0 Å². The lowest BCUT2D eigenvalue weighted by molar-refractivity contribution is -0.140. The maximum atomic E-state index is 11.8. The number of hydrogen-bond donors (Lipinski definition) is 1. The monoisotopic (exact) mass is 433 g/mol. The number of aliphatic hydroxyl groups excluding tert-OH is 1. The van der Waals surface area contributed by atoms with Gasteiger partial charge in [0.15, 0.2) is 0 Å². The highest BCUT2D eigenvalue weighted by Crippen LogP contribution is 2.33. The molecule has 0 aliphatic rings. The van der Waals surface area contributed by atoms with Gasteiger partial charge in [0, 0.05) is 32.9 Å². The van der Waals surface area contributed by atoms with Crippen LogP contribution < -0.4 is 0 Å². The maximum absolute atomic E-state index is 11.8. The topological polar surface area (TPSA) is 85.2 Å². The summed E-state index contributed by atoms with van der Waals surface area (Å²) in [6.07, 6.45) is 0. The third-order valence-electron chi connectivity index (χ3n) is 3.66. The number of esters is 1. The van der Waals surface area contributed by atoms with Gasteiger partial charge in [0.1, 0.15) is 6.61 Å². The standard InChI is InChI=1S/C21H20ClNO5S/c1-13(14(2)23-28-15(3)25)19-9-8-18(12-20(19)22)29-17-6-4-16(5-7-17)21(26)27-11-10-24/h4-9,12,24H,1,10-11H2,2-3H3/b23-14+. The molecule has 6 nitrogen and oxygen atoms in total. The Labute approximate surface area is 178 Å². The number of nitrogens with zero attached hydrogens (tertiary/aromatic N) is 1. The fraction of sp³-hybridized carbons (Fsp3) is 0.190. The summed E-state index contributed by atoms with van der Waals surface area (Å²) in [5.41, 5.74) is 2.10. The van der Waals surface area contributed by atoms with Crippen LogP contribution in [0.3, 0.4) is 0 Å². The van der Waals surface area contributed by atoms with E-state index in [0.717, 1.165) is 9.79 Å². The Hall–Kier alpha value is -2.61. The largest absolute Gasteiger partial charge is 0.460 e. The number of allylic oxidation sites excluding steroid dienone is 1. The van der Waals surface area contributed by atoms with Crippen LogP contribution in [0.25, 0.3) is 5.57 Å². The zero-order valence-electron chi connectivity index (χ0n) is 16.0. The fourth-order valence-corrected chi connectivity index (χ4v) is 3.42. The number of aliphatic hydroxyl groups is 1. The molecule has 0 saturated heterocycles. The lowest BCUT2D eigenvalue weighted by atomic mass is 10.0. The van der Waals surface area contributed by atoms with Crippen molar-refractivity contribution in [2.24, 2.45) is 5.16 Å². The summed E-state index contributed by atoms with van der Waals surface area (Å²) in [7, 11) is 0. The van der Waals surface area contributed by atoms with Gasteiger partial charge in [-0.2, -0.15) is 0 Å². The van der Waals surface area contributed by atoms with Crippen LogP contribution in [0.15, 0.2) is 64.0 Å². The lowest BCUT2D eigenvalue weighted by Gasteiger charge is -2.10.